The molecule has 1 aromatic rings. The Kier molecular flexibility index (Phi) is 5.05. The smallest absolute Gasteiger partial charge is 0.257 e. The van der Waals surface area contributed by atoms with Gasteiger partial charge in [-0.25, -0.2) is 0 Å². The van der Waals surface area contributed by atoms with Gasteiger partial charge in [-0.2, -0.15) is 0 Å². The van der Waals surface area contributed by atoms with Crippen molar-refractivity contribution in [2.24, 2.45) is 11.7 Å². The van der Waals surface area contributed by atoms with Gasteiger partial charge in [0.05, 0.1) is 11.7 Å². The average Bonchev–Trinajstić information content (AvgIpc) is 2.86. The van der Waals surface area contributed by atoms with E-state index in [-0.39, 0.29) is 12.0 Å². The fourth-order valence-corrected chi connectivity index (χ4v) is 2.74. The molecule has 5 heteroatoms. The summed E-state index contributed by atoms with van der Waals surface area (Å²) in [5.41, 5.74) is 6.31. The second-order valence-electron chi connectivity index (χ2n) is 5.45. The highest BCUT2D eigenvalue weighted by molar-refractivity contribution is 9.10. The SMILES string of the molecule is CC(C)Oc1cc(Br)ccc1C(=O)N1CCC(CN)C1. The molecule has 4 nitrogen and oxygen atoms in total. The lowest BCUT2D eigenvalue weighted by atomic mass is 10.1. The second kappa shape index (κ2) is 6.59. The zero-order valence-electron chi connectivity index (χ0n) is 11.9. The molecule has 2 rings (SSSR count). The van der Waals surface area contributed by atoms with Crippen molar-refractivity contribution in [3.05, 3.63) is 28.2 Å². The van der Waals surface area contributed by atoms with Crippen molar-refractivity contribution in [3.63, 3.8) is 0 Å². The summed E-state index contributed by atoms with van der Waals surface area (Å²) in [5, 5.41) is 0. The van der Waals surface area contributed by atoms with E-state index < -0.39 is 0 Å². The van der Waals surface area contributed by atoms with Crippen LogP contribution in [0.2, 0.25) is 0 Å². The number of nitrogens with zero attached hydrogens (tertiary/aromatic N) is 1. The lowest BCUT2D eigenvalue weighted by Crippen LogP contribution is -2.30. The predicted octanol–water partition coefficient (Wildman–Crippen LogP) is 2.66. The van der Waals surface area contributed by atoms with Gasteiger partial charge >= 0.3 is 0 Å². The molecular formula is C15H21BrN2O2. The molecule has 1 saturated heterocycles. The maximum Gasteiger partial charge on any atom is 0.257 e. The van der Waals surface area contributed by atoms with Crippen LogP contribution in [0, 0.1) is 5.92 Å². The van der Waals surface area contributed by atoms with Crippen molar-refractivity contribution >= 4 is 21.8 Å². The van der Waals surface area contributed by atoms with Crippen LogP contribution in [0.4, 0.5) is 0 Å². The number of nitrogens with two attached hydrogens (primary N) is 1. The van der Waals surface area contributed by atoms with E-state index in [0.29, 0.717) is 23.8 Å². The van der Waals surface area contributed by atoms with Crippen molar-refractivity contribution in [2.75, 3.05) is 19.6 Å². The molecule has 0 bridgehead atoms. The predicted molar refractivity (Wildman–Crippen MR) is 83.0 cm³/mol. The lowest BCUT2D eigenvalue weighted by molar-refractivity contribution is 0.0781. The number of carbonyl (C=O) groups is 1. The molecule has 1 amide bonds. The largest absolute Gasteiger partial charge is 0.490 e. The Bertz CT molecular complexity index is 491. The van der Waals surface area contributed by atoms with Crippen LogP contribution in [-0.4, -0.2) is 36.5 Å². The Morgan fingerprint density at radius 3 is 2.90 bits per heavy atom. The fourth-order valence-electron chi connectivity index (χ4n) is 2.40. The monoisotopic (exact) mass is 340 g/mol. The molecule has 110 valence electrons. The Labute approximate surface area is 128 Å². The molecule has 20 heavy (non-hydrogen) atoms. The zero-order chi connectivity index (χ0) is 14.7. The molecule has 1 heterocycles. The first-order valence-electron chi connectivity index (χ1n) is 6.96. The number of likely N-dealkylation sites (tertiary alicyclic amines) is 1. The number of hydrogen-bond donors (Lipinski definition) is 1. The Morgan fingerprint density at radius 1 is 1.55 bits per heavy atom. The van der Waals surface area contributed by atoms with E-state index in [1.807, 2.05) is 36.9 Å². The number of benzene rings is 1. The van der Waals surface area contributed by atoms with Crippen molar-refractivity contribution in [3.8, 4) is 5.75 Å². The van der Waals surface area contributed by atoms with E-state index in [0.717, 1.165) is 24.0 Å². The van der Waals surface area contributed by atoms with Crippen molar-refractivity contribution in [2.45, 2.75) is 26.4 Å². The number of ether oxygens (including phenoxy) is 1. The highest BCUT2D eigenvalue weighted by atomic mass is 79.9. The quantitative estimate of drug-likeness (QED) is 0.916. The highest BCUT2D eigenvalue weighted by Crippen LogP contribution is 2.27. The first-order chi connectivity index (χ1) is 9.51. The van der Waals surface area contributed by atoms with Crippen LogP contribution < -0.4 is 10.5 Å². The van der Waals surface area contributed by atoms with Gasteiger partial charge in [-0.3, -0.25) is 4.79 Å². The summed E-state index contributed by atoms with van der Waals surface area (Å²) in [6.45, 7) is 6.06. The van der Waals surface area contributed by atoms with Crippen molar-refractivity contribution in [1.82, 2.24) is 4.90 Å². The molecule has 2 N–H and O–H groups in total. The topological polar surface area (TPSA) is 55.6 Å². The van der Waals surface area contributed by atoms with Gasteiger partial charge in [0.2, 0.25) is 0 Å². The molecule has 1 aliphatic heterocycles. The van der Waals surface area contributed by atoms with E-state index in [2.05, 4.69) is 15.9 Å². The molecule has 0 aliphatic carbocycles. The van der Waals surface area contributed by atoms with E-state index in [1.165, 1.54) is 0 Å². The van der Waals surface area contributed by atoms with Crippen molar-refractivity contribution < 1.29 is 9.53 Å². The molecule has 0 spiro atoms. The number of rotatable bonds is 4. The molecule has 0 aromatic heterocycles. The van der Waals surface area contributed by atoms with E-state index >= 15 is 0 Å². The van der Waals surface area contributed by atoms with Gasteiger partial charge in [0, 0.05) is 17.6 Å². The van der Waals surface area contributed by atoms with E-state index in [1.54, 1.807) is 0 Å². The van der Waals surface area contributed by atoms with Crippen LogP contribution in [0.5, 0.6) is 5.75 Å². The van der Waals surface area contributed by atoms with Crippen LogP contribution in [0.1, 0.15) is 30.6 Å². The van der Waals surface area contributed by atoms with Gasteiger partial charge in [-0.1, -0.05) is 15.9 Å². The van der Waals surface area contributed by atoms with E-state index in [4.69, 9.17) is 10.5 Å². The third-order valence-corrected chi connectivity index (χ3v) is 3.94. The highest BCUT2D eigenvalue weighted by Gasteiger charge is 2.27. The summed E-state index contributed by atoms with van der Waals surface area (Å²) < 4.78 is 6.67. The van der Waals surface area contributed by atoms with Crippen LogP contribution in [0.3, 0.4) is 0 Å². The minimum atomic E-state index is 0.0316. The van der Waals surface area contributed by atoms with Gasteiger partial charge in [0.15, 0.2) is 0 Å². The molecule has 1 aliphatic rings. The van der Waals surface area contributed by atoms with Crippen LogP contribution in [0.15, 0.2) is 22.7 Å². The molecule has 1 atom stereocenters. The van der Waals surface area contributed by atoms with Gasteiger partial charge in [-0.05, 0) is 50.9 Å². The van der Waals surface area contributed by atoms with Crippen LogP contribution >= 0.6 is 15.9 Å². The molecule has 1 unspecified atom stereocenters. The molecule has 1 fully saturated rings. The summed E-state index contributed by atoms with van der Waals surface area (Å²) in [6, 6.07) is 5.54. The molecule has 0 radical (unpaired) electrons. The summed E-state index contributed by atoms with van der Waals surface area (Å²) in [4.78, 5) is 14.5. The lowest BCUT2D eigenvalue weighted by Gasteiger charge is -2.20. The number of hydrogen-bond acceptors (Lipinski definition) is 3. The third kappa shape index (κ3) is 3.52. The normalized spacial score (nSPS) is 18.6. The molecular weight excluding hydrogens is 320 g/mol. The first-order valence-corrected chi connectivity index (χ1v) is 7.76. The van der Waals surface area contributed by atoms with Gasteiger partial charge in [-0.15, -0.1) is 0 Å². The first kappa shape index (κ1) is 15.3. The standard InChI is InChI=1S/C15H21BrN2O2/c1-10(2)20-14-7-12(16)3-4-13(14)15(19)18-6-5-11(8-17)9-18/h3-4,7,10-11H,5-6,8-9,17H2,1-2H3. The van der Waals surface area contributed by atoms with Gasteiger partial charge in [0.1, 0.15) is 5.75 Å². The van der Waals surface area contributed by atoms with Gasteiger partial charge in [0.25, 0.3) is 5.91 Å². The number of halogens is 1. The van der Waals surface area contributed by atoms with Crippen molar-refractivity contribution in [1.29, 1.82) is 0 Å². The second-order valence-corrected chi connectivity index (χ2v) is 6.36. The van der Waals surface area contributed by atoms with Gasteiger partial charge < -0.3 is 15.4 Å². The molecule has 1 aromatic carbocycles. The summed E-state index contributed by atoms with van der Waals surface area (Å²) in [6.07, 6.45) is 1.02. The Balaban J connectivity index is 2.21. The maximum absolute atomic E-state index is 12.6. The average molecular weight is 341 g/mol. The summed E-state index contributed by atoms with van der Waals surface area (Å²) >= 11 is 3.42. The van der Waals surface area contributed by atoms with Crippen LogP contribution in [0.25, 0.3) is 0 Å². The minimum Gasteiger partial charge on any atom is -0.490 e. The zero-order valence-corrected chi connectivity index (χ0v) is 13.5. The summed E-state index contributed by atoms with van der Waals surface area (Å²) in [5.74, 6) is 1.09. The fraction of sp³-hybridized carbons (Fsp3) is 0.533. The summed E-state index contributed by atoms with van der Waals surface area (Å²) in [7, 11) is 0. The molecule has 0 saturated carbocycles. The van der Waals surface area contributed by atoms with E-state index in [9.17, 15) is 4.79 Å². The number of amides is 1. The third-order valence-electron chi connectivity index (χ3n) is 3.44. The maximum atomic E-state index is 12.6. The Hall–Kier alpha value is -1.07. The number of carbonyl (C=O) groups excluding carboxylic acids is 1. The minimum absolute atomic E-state index is 0.0316. The van der Waals surface area contributed by atoms with Crippen LogP contribution in [-0.2, 0) is 0 Å². The Morgan fingerprint density at radius 2 is 2.30 bits per heavy atom.